The van der Waals surface area contributed by atoms with Crippen LogP contribution in [0.1, 0.15) is 57.8 Å². The Kier molecular flexibility index (Phi) is 6.87. The van der Waals surface area contributed by atoms with Gasteiger partial charge in [0.2, 0.25) is 0 Å². The number of hydrogen-bond donors (Lipinski definition) is 1. The van der Waals surface area contributed by atoms with Gasteiger partial charge in [0.15, 0.2) is 6.16 Å². The Bertz CT molecular complexity index is 224. The van der Waals surface area contributed by atoms with Crippen LogP contribution in [0.25, 0.3) is 0 Å². The summed E-state index contributed by atoms with van der Waals surface area (Å²) in [5, 5.41) is 0. The first-order valence-corrected chi connectivity index (χ1v) is 7.50. The number of allylic oxidation sites excluding steroid dienone is 2. The highest BCUT2D eigenvalue weighted by molar-refractivity contribution is 7.37. The second-order valence-electron chi connectivity index (χ2n) is 4.35. The Morgan fingerprint density at radius 1 is 1.13 bits per heavy atom. The van der Waals surface area contributed by atoms with Crippen LogP contribution in [0.15, 0.2) is 11.6 Å². The fourth-order valence-electron chi connectivity index (χ4n) is 1.88. The Morgan fingerprint density at radius 3 is 2.27 bits per heavy atom. The summed E-state index contributed by atoms with van der Waals surface area (Å²) in [5.74, 6) is 0. The van der Waals surface area contributed by atoms with Gasteiger partial charge in [-0.3, -0.25) is 0 Å². The molecule has 1 aliphatic carbocycles. The van der Waals surface area contributed by atoms with Crippen molar-refractivity contribution in [3.63, 3.8) is 0 Å². The van der Waals surface area contributed by atoms with E-state index in [0.717, 1.165) is 12.8 Å². The van der Waals surface area contributed by atoms with Gasteiger partial charge in [-0.1, -0.05) is 30.9 Å². The van der Waals surface area contributed by atoms with E-state index in [2.05, 4.69) is 6.08 Å². The molecule has 1 N–H and O–H groups in total. The molecule has 0 amide bonds. The molecule has 0 fully saturated rings. The van der Waals surface area contributed by atoms with Gasteiger partial charge in [0, 0.05) is 0 Å². The molecule has 0 aromatic heterocycles. The van der Waals surface area contributed by atoms with Gasteiger partial charge in [-0.15, -0.1) is 0 Å². The topological polar surface area (TPSA) is 37.3 Å². The van der Waals surface area contributed by atoms with E-state index in [1.807, 2.05) is 0 Å². The van der Waals surface area contributed by atoms with Crippen LogP contribution in [0.2, 0.25) is 0 Å². The summed E-state index contributed by atoms with van der Waals surface area (Å²) in [6.45, 7) is 0. The van der Waals surface area contributed by atoms with Crippen molar-refractivity contribution in [3.05, 3.63) is 11.6 Å². The highest BCUT2D eigenvalue weighted by atomic mass is 31.1. The minimum absolute atomic E-state index is 0.488. The molecule has 0 saturated carbocycles. The van der Waals surface area contributed by atoms with Crippen molar-refractivity contribution in [2.75, 3.05) is 6.16 Å². The summed E-state index contributed by atoms with van der Waals surface area (Å²) >= 11 is 0. The van der Waals surface area contributed by atoms with Gasteiger partial charge in [-0.25, -0.2) is 0 Å². The molecule has 0 heterocycles. The highest BCUT2D eigenvalue weighted by Crippen LogP contribution is 2.24. The monoisotopic (exact) mass is 229 g/mol. The van der Waals surface area contributed by atoms with E-state index in [9.17, 15) is 4.57 Å². The fourth-order valence-corrected chi connectivity index (χ4v) is 2.38. The van der Waals surface area contributed by atoms with Crippen molar-refractivity contribution >= 4 is 8.03 Å². The lowest BCUT2D eigenvalue weighted by Gasteiger charge is -2.13. The lowest BCUT2D eigenvalue weighted by Crippen LogP contribution is -1.93. The van der Waals surface area contributed by atoms with E-state index < -0.39 is 8.03 Å². The Hall–Kier alpha value is -0.200. The first-order valence-electron chi connectivity index (χ1n) is 6.10. The van der Waals surface area contributed by atoms with Crippen molar-refractivity contribution in [2.45, 2.75) is 57.8 Å². The van der Waals surface area contributed by atoms with Gasteiger partial charge in [0.05, 0.1) is 0 Å². The van der Waals surface area contributed by atoms with E-state index in [4.69, 9.17) is 4.89 Å². The summed E-state index contributed by atoms with van der Waals surface area (Å²) in [4.78, 5) is 8.59. The van der Waals surface area contributed by atoms with Gasteiger partial charge in [0.25, 0.3) is 0 Å². The molecule has 2 nitrogen and oxygen atoms in total. The van der Waals surface area contributed by atoms with Crippen LogP contribution < -0.4 is 0 Å². The van der Waals surface area contributed by atoms with E-state index in [0.29, 0.717) is 6.16 Å². The highest BCUT2D eigenvalue weighted by Gasteiger charge is 2.08. The van der Waals surface area contributed by atoms with Gasteiger partial charge >= 0.3 is 8.03 Å². The molecule has 0 aliphatic heterocycles. The Labute approximate surface area is 93.6 Å². The smallest absolute Gasteiger partial charge is 0.161 e. The van der Waals surface area contributed by atoms with Crippen molar-refractivity contribution in [3.8, 4) is 0 Å². The first kappa shape index (κ1) is 12.9. The molecular weight excluding hydrogens is 207 g/mol. The fraction of sp³-hybridized carbons (Fsp3) is 0.833. The Morgan fingerprint density at radius 2 is 1.73 bits per heavy atom. The van der Waals surface area contributed by atoms with Crippen molar-refractivity contribution < 1.29 is 9.46 Å². The summed E-state index contributed by atoms with van der Waals surface area (Å²) in [6.07, 6.45) is 14.0. The van der Waals surface area contributed by atoms with Gasteiger partial charge in [-0.2, -0.15) is 4.89 Å². The average molecular weight is 229 g/mol. The standard InChI is InChI=1S/C12H21O2P/c13-15(14)11-6-4-2-1-3-5-8-12-9-7-10-12/h9H,1-8,10-11H2/p+1. The van der Waals surface area contributed by atoms with Gasteiger partial charge in [0.1, 0.15) is 0 Å². The van der Waals surface area contributed by atoms with E-state index >= 15 is 0 Å². The lowest BCUT2D eigenvalue weighted by molar-refractivity contribution is 0.498. The maximum atomic E-state index is 10.4. The second kappa shape index (κ2) is 8.01. The van der Waals surface area contributed by atoms with Crippen molar-refractivity contribution in [1.29, 1.82) is 0 Å². The number of hydrogen-bond acceptors (Lipinski definition) is 1. The lowest BCUT2D eigenvalue weighted by atomic mass is 9.93. The molecule has 1 rings (SSSR count). The zero-order valence-electron chi connectivity index (χ0n) is 9.45. The van der Waals surface area contributed by atoms with Crippen LogP contribution in [0, 0.1) is 0 Å². The van der Waals surface area contributed by atoms with Crippen LogP contribution in [-0.2, 0) is 4.57 Å². The first-order chi connectivity index (χ1) is 7.29. The van der Waals surface area contributed by atoms with Crippen molar-refractivity contribution in [2.24, 2.45) is 0 Å². The minimum Gasteiger partial charge on any atom is -0.161 e. The van der Waals surface area contributed by atoms with E-state index in [1.165, 1.54) is 44.9 Å². The second-order valence-corrected chi connectivity index (χ2v) is 5.50. The third-order valence-corrected chi connectivity index (χ3v) is 3.69. The van der Waals surface area contributed by atoms with E-state index in [1.54, 1.807) is 5.57 Å². The normalized spacial score (nSPS) is 15.8. The number of unbranched alkanes of at least 4 members (excludes halogenated alkanes) is 5. The molecule has 86 valence electrons. The van der Waals surface area contributed by atoms with Crippen LogP contribution in [-0.4, -0.2) is 11.1 Å². The predicted octanol–water partition coefficient (Wildman–Crippen LogP) is 4.17. The predicted molar refractivity (Wildman–Crippen MR) is 64.3 cm³/mol. The molecule has 0 radical (unpaired) electrons. The summed E-state index contributed by atoms with van der Waals surface area (Å²) in [5.41, 5.74) is 1.66. The molecule has 1 aliphatic rings. The molecule has 1 atom stereocenters. The average Bonchev–Trinajstić information content (AvgIpc) is 2.12. The van der Waals surface area contributed by atoms with Gasteiger partial charge < -0.3 is 0 Å². The van der Waals surface area contributed by atoms with Gasteiger partial charge in [-0.05, 0) is 43.1 Å². The molecule has 3 heteroatoms. The molecule has 0 aromatic rings. The molecular formula is C12H22O2P+. The Balaban J connectivity index is 1.75. The van der Waals surface area contributed by atoms with Crippen LogP contribution in [0.4, 0.5) is 0 Å². The quantitative estimate of drug-likeness (QED) is 0.366. The summed E-state index contributed by atoms with van der Waals surface area (Å²) in [7, 11) is -1.89. The molecule has 0 saturated heterocycles. The van der Waals surface area contributed by atoms with Crippen LogP contribution in [0.5, 0.6) is 0 Å². The third kappa shape index (κ3) is 6.81. The number of rotatable bonds is 9. The molecule has 0 spiro atoms. The SMILES string of the molecule is O=[P+](O)CCCCCCCCC1=CCC1. The zero-order valence-corrected chi connectivity index (χ0v) is 10.3. The zero-order chi connectivity index (χ0) is 10.9. The maximum Gasteiger partial charge on any atom is 0.505 e. The molecule has 1 unspecified atom stereocenters. The third-order valence-electron chi connectivity index (χ3n) is 3.00. The summed E-state index contributed by atoms with van der Waals surface area (Å²) in [6, 6.07) is 0. The minimum atomic E-state index is -1.89. The van der Waals surface area contributed by atoms with E-state index in [-0.39, 0.29) is 0 Å². The molecule has 0 aromatic carbocycles. The largest absolute Gasteiger partial charge is 0.505 e. The van der Waals surface area contributed by atoms with Crippen LogP contribution >= 0.6 is 8.03 Å². The van der Waals surface area contributed by atoms with Crippen molar-refractivity contribution in [1.82, 2.24) is 0 Å². The molecule has 15 heavy (non-hydrogen) atoms. The maximum absolute atomic E-state index is 10.4. The summed E-state index contributed by atoms with van der Waals surface area (Å²) < 4.78 is 10.4. The van der Waals surface area contributed by atoms with Crippen LogP contribution in [0.3, 0.4) is 0 Å². The molecule has 0 bridgehead atoms.